The Hall–Kier alpha value is -1.46. The Labute approximate surface area is 198 Å². The fourth-order valence-electron chi connectivity index (χ4n) is 4.88. The first-order valence-electron chi connectivity index (χ1n) is 13.1. The molecule has 0 aromatic carbocycles. The van der Waals surface area contributed by atoms with E-state index in [-0.39, 0.29) is 41.6 Å². The van der Waals surface area contributed by atoms with Crippen molar-refractivity contribution in [2.75, 3.05) is 13.1 Å². The van der Waals surface area contributed by atoms with Crippen molar-refractivity contribution in [1.29, 1.82) is 0 Å². The summed E-state index contributed by atoms with van der Waals surface area (Å²) in [6, 6.07) is 1.06. The van der Waals surface area contributed by atoms with E-state index in [0.717, 1.165) is 32.1 Å². The van der Waals surface area contributed by atoms with Crippen molar-refractivity contribution in [2.45, 2.75) is 126 Å². The Kier molecular flexibility index (Phi) is 11.3. The van der Waals surface area contributed by atoms with Gasteiger partial charge < -0.3 is 20.4 Å². The predicted octanol–water partition coefficient (Wildman–Crippen LogP) is 5.87. The van der Waals surface area contributed by atoms with Gasteiger partial charge in [-0.1, -0.05) is 41.5 Å². The maximum Gasteiger partial charge on any atom is 0.317 e. The first kappa shape index (κ1) is 28.6. The van der Waals surface area contributed by atoms with Crippen LogP contribution in [0.1, 0.15) is 101 Å². The van der Waals surface area contributed by atoms with Gasteiger partial charge in [0.25, 0.3) is 0 Å². The van der Waals surface area contributed by atoms with Gasteiger partial charge in [0.05, 0.1) is 0 Å². The Morgan fingerprint density at radius 2 is 1.00 bits per heavy atom. The molecule has 1 saturated carbocycles. The second-order valence-corrected chi connectivity index (χ2v) is 10.7. The minimum absolute atomic E-state index is 0.0546. The highest BCUT2D eigenvalue weighted by atomic mass is 16.2. The molecule has 6 heteroatoms. The van der Waals surface area contributed by atoms with Gasteiger partial charge >= 0.3 is 12.1 Å². The topological polar surface area (TPSA) is 64.7 Å². The zero-order chi connectivity index (χ0) is 24.6. The van der Waals surface area contributed by atoms with Crippen LogP contribution < -0.4 is 10.6 Å². The maximum atomic E-state index is 12.9. The van der Waals surface area contributed by atoms with Crippen molar-refractivity contribution in [3.05, 3.63) is 0 Å². The molecule has 0 heterocycles. The molecule has 0 aliphatic heterocycles. The molecule has 0 aromatic rings. The molecule has 1 fully saturated rings. The second-order valence-electron chi connectivity index (χ2n) is 10.7. The van der Waals surface area contributed by atoms with Crippen LogP contribution >= 0.6 is 0 Å². The minimum Gasteiger partial charge on any atom is -0.338 e. The number of carbonyl (C=O) groups excluding carboxylic acids is 2. The number of hydrogen-bond donors (Lipinski definition) is 2. The molecule has 4 amide bonds. The summed E-state index contributed by atoms with van der Waals surface area (Å²) in [7, 11) is 0. The first-order valence-corrected chi connectivity index (χ1v) is 13.1. The summed E-state index contributed by atoms with van der Waals surface area (Å²) in [5.41, 5.74) is 0.0930. The van der Waals surface area contributed by atoms with Gasteiger partial charge in [0.15, 0.2) is 0 Å². The van der Waals surface area contributed by atoms with Crippen LogP contribution in [0.2, 0.25) is 0 Å². The van der Waals surface area contributed by atoms with Gasteiger partial charge in [-0.15, -0.1) is 0 Å². The Balaban J connectivity index is 2.61. The lowest BCUT2D eigenvalue weighted by Crippen LogP contribution is -2.57. The van der Waals surface area contributed by atoms with Gasteiger partial charge in [0, 0.05) is 37.3 Å². The van der Waals surface area contributed by atoms with Gasteiger partial charge in [-0.25, -0.2) is 9.59 Å². The van der Waals surface area contributed by atoms with Crippen molar-refractivity contribution in [3.8, 4) is 0 Å². The number of rotatable bonds is 12. The lowest BCUT2D eigenvalue weighted by molar-refractivity contribution is -0.0165. The Morgan fingerprint density at radius 1 is 0.719 bits per heavy atom. The fraction of sp³-hybridized carbons (Fsp3) is 0.923. The van der Waals surface area contributed by atoms with Crippen LogP contribution in [0.5, 0.6) is 0 Å². The molecule has 188 valence electrons. The fourth-order valence-corrected chi connectivity index (χ4v) is 4.88. The molecule has 0 saturated heterocycles. The molecule has 0 unspecified atom stereocenters. The average molecular weight is 453 g/mol. The number of nitrogens with zero attached hydrogens (tertiary/aromatic N) is 2. The number of hydrogen-bond acceptors (Lipinski definition) is 2. The lowest BCUT2D eigenvalue weighted by atomic mass is 9.54. The summed E-state index contributed by atoms with van der Waals surface area (Å²) in [5, 5.41) is 6.42. The maximum absolute atomic E-state index is 12.9. The molecule has 32 heavy (non-hydrogen) atoms. The summed E-state index contributed by atoms with van der Waals surface area (Å²) in [6.45, 7) is 23.0. The van der Waals surface area contributed by atoms with Crippen LogP contribution in [0.4, 0.5) is 9.59 Å². The second kappa shape index (κ2) is 12.7. The lowest BCUT2D eigenvalue weighted by Gasteiger charge is -2.53. The van der Waals surface area contributed by atoms with E-state index in [0.29, 0.717) is 24.9 Å². The van der Waals surface area contributed by atoms with Crippen molar-refractivity contribution in [3.63, 3.8) is 0 Å². The number of urea groups is 2. The number of amides is 4. The van der Waals surface area contributed by atoms with Crippen LogP contribution in [-0.4, -0.2) is 59.1 Å². The van der Waals surface area contributed by atoms with E-state index in [9.17, 15) is 9.59 Å². The summed E-state index contributed by atoms with van der Waals surface area (Å²) in [6.07, 6.45) is 4.86. The van der Waals surface area contributed by atoms with Crippen LogP contribution in [-0.2, 0) is 0 Å². The molecule has 1 aliphatic rings. The summed E-state index contributed by atoms with van der Waals surface area (Å²) in [4.78, 5) is 29.8. The molecule has 0 aromatic heterocycles. The molecule has 6 atom stereocenters. The summed E-state index contributed by atoms with van der Waals surface area (Å²) in [5.74, 6) is 0.869. The molecular weight excluding hydrogens is 400 g/mol. The number of nitrogens with one attached hydrogen (secondary N) is 2. The van der Waals surface area contributed by atoms with Crippen molar-refractivity contribution >= 4 is 12.1 Å². The molecule has 1 rings (SSSR count). The molecule has 2 N–H and O–H groups in total. The highest BCUT2D eigenvalue weighted by molar-refractivity contribution is 5.75. The Bertz CT molecular complexity index is 526. The quantitative estimate of drug-likeness (QED) is 0.389. The van der Waals surface area contributed by atoms with Crippen LogP contribution in [0, 0.1) is 17.3 Å². The van der Waals surface area contributed by atoms with Crippen molar-refractivity contribution in [1.82, 2.24) is 20.4 Å². The largest absolute Gasteiger partial charge is 0.338 e. The van der Waals surface area contributed by atoms with Crippen LogP contribution in [0.3, 0.4) is 0 Å². The van der Waals surface area contributed by atoms with Crippen LogP contribution in [0.15, 0.2) is 0 Å². The van der Waals surface area contributed by atoms with Crippen LogP contribution in [0.25, 0.3) is 0 Å². The first-order chi connectivity index (χ1) is 15.0. The van der Waals surface area contributed by atoms with Gasteiger partial charge in [-0.2, -0.15) is 0 Å². The Morgan fingerprint density at radius 3 is 1.22 bits per heavy atom. The monoisotopic (exact) mass is 452 g/mol. The molecule has 0 radical (unpaired) electrons. The SMILES string of the molecule is CC[C@@H](C)N(C(=O)NC[C@H]1C[C@@H](CNC(=O)N([C@@H](C)CC)[C@@H](C)CC)C1(C)C)[C@@H](C)CC. The molecule has 1 aliphatic carbocycles. The van der Waals surface area contributed by atoms with Gasteiger partial charge in [0.1, 0.15) is 0 Å². The van der Waals surface area contributed by atoms with Crippen molar-refractivity contribution in [2.24, 2.45) is 17.3 Å². The van der Waals surface area contributed by atoms with E-state index < -0.39 is 0 Å². The van der Waals surface area contributed by atoms with E-state index in [4.69, 9.17) is 0 Å². The van der Waals surface area contributed by atoms with E-state index in [2.05, 4.69) is 79.9 Å². The third-order valence-electron chi connectivity index (χ3n) is 8.40. The molecule has 6 nitrogen and oxygen atoms in total. The van der Waals surface area contributed by atoms with E-state index >= 15 is 0 Å². The zero-order valence-electron chi connectivity index (χ0n) is 22.6. The molecular formula is C26H52N4O2. The van der Waals surface area contributed by atoms with E-state index in [1.54, 1.807) is 0 Å². The highest BCUT2D eigenvalue weighted by Gasteiger charge is 2.48. The molecule has 0 spiro atoms. The normalized spacial score (nSPS) is 23.3. The van der Waals surface area contributed by atoms with Gasteiger partial charge in [-0.05, 0) is 77.0 Å². The standard InChI is InChI=1S/C26H52N4O2/c1-11-18(5)29(19(6)12-2)24(31)27-16-22-15-23(26(22,9)10)17-28-25(32)30(20(7)13-3)21(8)14-4/h18-23H,11-17H2,1-10H3,(H,27,31)(H,28,32)/t18-,19-,20-,21+,22-,23+/m0/s1. The van der Waals surface area contributed by atoms with E-state index in [1.165, 1.54) is 0 Å². The third kappa shape index (κ3) is 6.77. The smallest absolute Gasteiger partial charge is 0.317 e. The zero-order valence-corrected chi connectivity index (χ0v) is 22.6. The molecule has 0 bridgehead atoms. The van der Waals surface area contributed by atoms with Gasteiger partial charge in [0.2, 0.25) is 0 Å². The van der Waals surface area contributed by atoms with E-state index in [1.807, 2.05) is 9.80 Å². The minimum atomic E-state index is 0.0546. The van der Waals surface area contributed by atoms with Crippen molar-refractivity contribution < 1.29 is 9.59 Å². The van der Waals surface area contributed by atoms with Gasteiger partial charge in [-0.3, -0.25) is 0 Å². The number of carbonyl (C=O) groups is 2. The highest BCUT2D eigenvalue weighted by Crippen LogP contribution is 2.50. The third-order valence-corrected chi connectivity index (χ3v) is 8.40. The summed E-state index contributed by atoms with van der Waals surface area (Å²) >= 11 is 0. The predicted molar refractivity (Wildman–Crippen MR) is 135 cm³/mol. The average Bonchev–Trinajstić information content (AvgIpc) is 2.77. The summed E-state index contributed by atoms with van der Waals surface area (Å²) < 4.78 is 0.